The van der Waals surface area contributed by atoms with Crippen LogP contribution in [0.5, 0.6) is 0 Å². The van der Waals surface area contributed by atoms with Gasteiger partial charge in [-0.15, -0.1) is 0 Å². The van der Waals surface area contributed by atoms with Crippen molar-refractivity contribution in [2.45, 2.75) is 45.7 Å². The molecule has 2 aromatic rings. The van der Waals surface area contributed by atoms with Crippen LogP contribution in [0.15, 0.2) is 53.0 Å². The van der Waals surface area contributed by atoms with Crippen LogP contribution >= 0.6 is 15.9 Å². The summed E-state index contributed by atoms with van der Waals surface area (Å²) in [6, 6.07) is 13.1. The molecular formula is C22H26BrFN2O2. The molecule has 0 radical (unpaired) electrons. The maximum absolute atomic E-state index is 14.0. The molecule has 0 aromatic heterocycles. The maximum Gasteiger partial charge on any atom is 0.242 e. The number of nitrogens with one attached hydrogen (secondary N) is 1. The van der Waals surface area contributed by atoms with E-state index in [9.17, 15) is 14.0 Å². The van der Waals surface area contributed by atoms with Crippen molar-refractivity contribution in [1.29, 1.82) is 0 Å². The summed E-state index contributed by atoms with van der Waals surface area (Å²) in [6.07, 6.45) is 1.77. The summed E-state index contributed by atoms with van der Waals surface area (Å²) in [5, 5.41) is 2.87. The molecule has 2 rings (SSSR count). The highest BCUT2D eigenvalue weighted by Gasteiger charge is 2.26. The summed E-state index contributed by atoms with van der Waals surface area (Å²) in [6.45, 7) is 4.60. The smallest absolute Gasteiger partial charge is 0.242 e. The van der Waals surface area contributed by atoms with Crippen LogP contribution in [0.25, 0.3) is 0 Å². The molecule has 2 amide bonds. The molecule has 1 N–H and O–H groups in total. The lowest BCUT2D eigenvalue weighted by Gasteiger charge is -2.29. The lowest BCUT2D eigenvalue weighted by atomic mass is 10.1. The van der Waals surface area contributed by atoms with Crippen LogP contribution in [0.4, 0.5) is 4.39 Å². The first-order valence-corrected chi connectivity index (χ1v) is 10.3. The second-order valence-electron chi connectivity index (χ2n) is 6.74. The van der Waals surface area contributed by atoms with E-state index in [-0.39, 0.29) is 24.8 Å². The van der Waals surface area contributed by atoms with Gasteiger partial charge in [-0.1, -0.05) is 59.6 Å². The molecule has 0 aliphatic carbocycles. The van der Waals surface area contributed by atoms with Crippen molar-refractivity contribution >= 4 is 27.7 Å². The summed E-state index contributed by atoms with van der Waals surface area (Å²) in [4.78, 5) is 27.1. The Morgan fingerprint density at radius 3 is 2.61 bits per heavy atom. The zero-order chi connectivity index (χ0) is 20.5. The van der Waals surface area contributed by atoms with Crippen molar-refractivity contribution < 1.29 is 14.0 Å². The Kier molecular flexibility index (Phi) is 8.64. The van der Waals surface area contributed by atoms with Crippen molar-refractivity contribution in [3.05, 3.63) is 69.9 Å². The Labute approximate surface area is 174 Å². The van der Waals surface area contributed by atoms with E-state index < -0.39 is 11.9 Å². The van der Waals surface area contributed by atoms with Gasteiger partial charge in [0.15, 0.2) is 0 Å². The summed E-state index contributed by atoms with van der Waals surface area (Å²) in [5.41, 5.74) is 1.22. The van der Waals surface area contributed by atoms with Gasteiger partial charge in [-0.25, -0.2) is 4.39 Å². The van der Waals surface area contributed by atoms with E-state index in [4.69, 9.17) is 0 Å². The number of carbonyl (C=O) groups excluding carboxylic acids is 2. The van der Waals surface area contributed by atoms with Gasteiger partial charge in [-0.3, -0.25) is 9.59 Å². The molecule has 0 unspecified atom stereocenters. The zero-order valence-corrected chi connectivity index (χ0v) is 17.8. The lowest BCUT2D eigenvalue weighted by Crippen LogP contribution is -2.48. The highest BCUT2D eigenvalue weighted by molar-refractivity contribution is 9.10. The summed E-state index contributed by atoms with van der Waals surface area (Å²) in [7, 11) is 0. The maximum atomic E-state index is 14.0. The van der Waals surface area contributed by atoms with Crippen molar-refractivity contribution in [3.8, 4) is 0 Å². The van der Waals surface area contributed by atoms with Crippen LogP contribution in [0.3, 0.4) is 0 Å². The number of amides is 2. The SMILES string of the molecule is CCCCNC(=O)[C@@H](C)N(Cc1cccc(Br)c1)C(=O)Cc1ccccc1F. The molecular weight excluding hydrogens is 423 g/mol. The normalized spacial score (nSPS) is 11.7. The second kappa shape index (κ2) is 11.0. The van der Waals surface area contributed by atoms with E-state index in [1.54, 1.807) is 25.1 Å². The third-order valence-corrected chi connectivity index (χ3v) is 5.03. The first-order chi connectivity index (χ1) is 13.4. The van der Waals surface area contributed by atoms with Gasteiger partial charge in [0.2, 0.25) is 11.8 Å². The van der Waals surface area contributed by atoms with E-state index in [0.29, 0.717) is 12.1 Å². The van der Waals surface area contributed by atoms with Gasteiger partial charge < -0.3 is 10.2 Å². The predicted octanol–water partition coefficient (Wildman–Crippen LogP) is 4.46. The minimum Gasteiger partial charge on any atom is -0.354 e. The van der Waals surface area contributed by atoms with E-state index in [2.05, 4.69) is 21.2 Å². The van der Waals surface area contributed by atoms with Crippen molar-refractivity contribution in [1.82, 2.24) is 10.2 Å². The van der Waals surface area contributed by atoms with Gasteiger partial charge in [0.25, 0.3) is 0 Å². The van der Waals surface area contributed by atoms with Crippen LogP contribution in [-0.2, 0) is 22.6 Å². The predicted molar refractivity (Wildman–Crippen MR) is 112 cm³/mol. The summed E-state index contributed by atoms with van der Waals surface area (Å²) in [5.74, 6) is -0.910. The highest BCUT2D eigenvalue weighted by atomic mass is 79.9. The number of nitrogens with zero attached hydrogens (tertiary/aromatic N) is 1. The molecule has 0 aliphatic rings. The minimum absolute atomic E-state index is 0.0900. The summed E-state index contributed by atoms with van der Waals surface area (Å²) < 4.78 is 14.9. The molecule has 0 heterocycles. The van der Waals surface area contributed by atoms with Gasteiger partial charge >= 0.3 is 0 Å². The Balaban J connectivity index is 2.20. The van der Waals surface area contributed by atoms with Crippen LogP contribution in [0, 0.1) is 5.82 Å². The molecule has 1 atom stereocenters. The van der Waals surface area contributed by atoms with Gasteiger partial charge in [0.1, 0.15) is 11.9 Å². The van der Waals surface area contributed by atoms with Gasteiger partial charge in [-0.2, -0.15) is 0 Å². The molecule has 0 fully saturated rings. The molecule has 0 spiro atoms. The number of hydrogen-bond donors (Lipinski definition) is 1. The summed E-state index contributed by atoms with van der Waals surface area (Å²) >= 11 is 3.43. The molecule has 0 bridgehead atoms. The largest absolute Gasteiger partial charge is 0.354 e. The van der Waals surface area contributed by atoms with E-state index in [1.165, 1.54) is 11.0 Å². The number of halogens is 2. The minimum atomic E-state index is -0.657. The number of rotatable bonds is 9. The first-order valence-electron chi connectivity index (χ1n) is 9.47. The zero-order valence-electron chi connectivity index (χ0n) is 16.3. The van der Waals surface area contributed by atoms with Crippen LogP contribution in [0.2, 0.25) is 0 Å². The number of benzene rings is 2. The fraction of sp³-hybridized carbons (Fsp3) is 0.364. The van der Waals surface area contributed by atoms with Gasteiger partial charge in [0, 0.05) is 17.6 Å². The third-order valence-electron chi connectivity index (χ3n) is 4.54. The van der Waals surface area contributed by atoms with Crippen LogP contribution in [0.1, 0.15) is 37.8 Å². The Morgan fingerprint density at radius 1 is 1.18 bits per heavy atom. The lowest BCUT2D eigenvalue weighted by molar-refractivity contribution is -0.140. The average Bonchev–Trinajstić information content (AvgIpc) is 2.67. The van der Waals surface area contributed by atoms with Crippen LogP contribution < -0.4 is 5.32 Å². The van der Waals surface area contributed by atoms with Gasteiger partial charge in [0.05, 0.1) is 6.42 Å². The fourth-order valence-electron chi connectivity index (χ4n) is 2.86. The molecule has 150 valence electrons. The number of hydrogen-bond acceptors (Lipinski definition) is 2. The van der Waals surface area contributed by atoms with E-state index in [0.717, 1.165) is 22.9 Å². The number of carbonyl (C=O) groups is 2. The third kappa shape index (κ3) is 6.44. The molecule has 2 aromatic carbocycles. The van der Waals surface area contributed by atoms with Crippen molar-refractivity contribution in [3.63, 3.8) is 0 Å². The molecule has 28 heavy (non-hydrogen) atoms. The second-order valence-corrected chi connectivity index (χ2v) is 7.66. The Hall–Kier alpha value is -2.21. The topological polar surface area (TPSA) is 49.4 Å². The Morgan fingerprint density at radius 2 is 1.93 bits per heavy atom. The molecule has 0 aliphatic heterocycles. The van der Waals surface area contributed by atoms with Crippen molar-refractivity contribution in [2.75, 3.05) is 6.54 Å². The number of unbranched alkanes of at least 4 members (excludes halogenated alkanes) is 1. The van der Waals surface area contributed by atoms with Crippen LogP contribution in [-0.4, -0.2) is 29.3 Å². The highest BCUT2D eigenvalue weighted by Crippen LogP contribution is 2.17. The molecule has 0 saturated heterocycles. The quantitative estimate of drug-likeness (QED) is 0.575. The molecule has 6 heteroatoms. The van der Waals surface area contributed by atoms with E-state index in [1.807, 2.05) is 31.2 Å². The molecule has 4 nitrogen and oxygen atoms in total. The van der Waals surface area contributed by atoms with Gasteiger partial charge in [-0.05, 0) is 42.7 Å². The molecule has 0 saturated carbocycles. The Bertz CT molecular complexity index is 813. The standard InChI is InChI=1S/C22H26BrFN2O2/c1-3-4-12-25-22(28)16(2)26(15-17-8-7-10-19(23)13-17)21(27)14-18-9-5-6-11-20(18)24/h5-11,13,16H,3-4,12,14-15H2,1-2H3,(H,25,28)/t16-/m1/s1. The average molecular weight is 449 g/mol. The van der Waals surface area contributed by atoms with E-state index >= 15 is 0 Å². The fourth-order valence-corrected chi connectivity index (χ4v) is 3.30. The monoisotopic (exact) mass is 448 g/mol. The van der Waals surface area contributed by atoms with Crippen molar-refractivity contribution in [2.24, 2.45) is 0 Å². The first kappa shape index (κ1) is 22.1.